The highest BCUT2D eigenvalue weighted by molar-refractivity contribution is 7.13. The van der Waals surface area contributed by atoms with Gasteiger partial charge in [0.25, 0.3) is 5.91 Å². The molecule has 0 radical (unpaired) electrons. The minimum Gasteiger partial charge on any atom is -0.326 e. The molecule has 1 aromatic carbocycles. The van der Waals surface area contributed by atoms with Crippen LogP contribution in [-0.4, -0.2) is 37.0 Å². The lowest BCUT2D eigenvalue weighted by Gasteiger charge is -2.25. The molecule has 4 nitrogen and oxygen atoms in total. The van der Waals surface area contributed by atoms with Crippen LogP contribution in [0.4, 0.5) is 17.1 Å². The molecule has 0 unspecified atom stereocenters. The van der Waals surface area contributed by atoms with Crippen molar-refractivity contribution in [2.24, 2.45) is 0 Å². The first-order valence-corrected chi connectivity index (χ1v) is 11.4. The van der Waals surface area contributed by atoms with E-state index in [1.165, 1.54) is 32.4 Å². The predicted octanol–water partition coefficient (Wildman–Crippen LogP) is 5.34. The summed E-state index contributed by atoms with van der Waals surface area (Å²) in [5, 5.41) is 3.08. The molecule has 2 aliphatic rings. The van der Waals surface area contributed by atoms with Crippen LogP contribution in [0.1, 0.15) is 52.2 Å². The number of piperidine rings is 1. The van der Waals surface area contributed by atoms with Crippen LogP contribution < -0.4 is 10.2 Å². The van der Waals surface area contributed by atoms with Crippen molar-refractivity contribution in [1.82, 2.24) is 4.90 Å². The van der Waals surface area contributed by atoms with Gasteiger partial charge in [0.15, 0.2) is 0 Å². The molecule has 5 heteroatoms. The quantitative estimate of drug-likeness (QED) is 0.549. The van der Waals surface area contributed by atoms with Crippen molar-refractivity contribution in [3.8, 4) is 11.8 Å². The molecule has 1 saturated heterocycles. The van der Waals surface area contributed by atoms with Crippen LogP contribution in [0.2, 0.25) is 0 Å². The summed E-state index contributed by atoms with van der Waals surface area (Å²) in [6.07, 6.45) is 6.13. The Morgan fingerprint density at radius 1 is 1.07 bits per heavy atom. The van der Waals surface area contributed by atoms with E-state index in [1.54, 1.807) is 11.3 Å². The fraction of sp³-hybridized carbons (Fsp3) is 0.458. The first-order chi connectivity index (χ1) is 14.1. The van der Waals surface area contributed by atoms with E-state index in [2.05, 4.69) is 39.9 Å². The summed E-state index contributed by atoms with van der Waals surface area (Å²) < 4.78 is 0. The highest BCUT2D eigenvalue weighted by atomic mass is 32.1. The minimum absolute atomic E-state index is 0.0220. The molecule has 0 spiro atoms. The molecular formula is C24H29N3OS. The summed E-state index contributed by atoms with van der Waals surface area (Å²) in [6, 6.07) is 8.01. The second kappa shape index (κ2) is 9.02. The molecule has 3 heterocycles. The lowest BCUT2D eigenvalue weighted by molar-refractivity contribution is 0.102. The van der Waals surface area contributed by atoms with Gasteiger partial charge in [-0.1, -0.05) is 24.5 Å². The van der Waals surface area contributed by atoms with Gasteiger partial charge < -0.3 is 15.1 Å². The maximum absolute atomic E-state index is 12.8. The number of aryl methyl sites for hydroxylation is 2. The topological polar surface area (TPSA) is 35.6 Å². The zero-order valence-electron chi connectivity index (χ0n) is 17.4. The highest BCUT2D eigenvalue weighted by Gasteiger charge is 2.29. The van der Waals surface area contributed by atoms with E-state index in [4.69, 9.17) is 0 Å². The number of hydrogen-bond acceptors (Lipinski definition) is 4. The van der Waals surface area contributed by atoms with Crippen LogP contribution in [-0.2, 0) is 0 Å². The molecule has 1 N–H and O–H groups in total. The van der Waals surface area contributed by atoms with Gasteiger partial charge in [-0.3, -0.25) is 4.79 Å². The zero-order chi connectivity index (χ0) is 20.2. The lowest BCUT2D eigenvalue weighted by atomic mass is 10.1. The highest BCUT2D eigenvalue weighted by Crippen LogP contribution is 2.43. The van der Waals surface area contributed by atoms with Gasteiger partial charge in [-0.15, -0.1) is 17.3 Å². The molecule has 0 aliphatic carbocycles. The molecule has 0 saturated carbocycles. The van der Waals surface area contributed by atoms with E-state index >= 15 is 0 Å². The standard InChI is InChI=1S/C24H29N3OS/c1-18-22-23(19(2)29-18)27(21-13-7-6-12-20(21)25-24(22)28)17-11-4-3-8-14-26-15-9-5-10-16-26/h6-7,12-13H,3,5,8-10,14-17H2,1-2H3,(H,25,28). The normalized spacial score (nSPS) is 16.3. The van der Waals surface area contributed by atoms with Gasteiger partial charge in [-0.05, 0) is 64.9 Å². The summed E-state index contributed by atoms with van der Waals surface area (Å²) in [4.78, 5) is 19.8. The smallest absolute Gasteiger partial charge is 0.258 e. The molecule has 0 atom stereocenters. The van der Waals surface area contributed by atoms with Crippen molar-refractivity contribution < 1.29 is 4.79 Å². The predicted molar refractivity (Wildman–Crippen MR) is 122 cm³/mol. The molecule has 4 rings (SSSR count). The fourth-order valence-corrected chi connectivity index (χ4v) is 5.41. The summed E-state index contributed by atoms with van der Waals surface area (Å²) >= 11 is 1.68. The van der Waals surface area contributed by atoms with Crippen molar-refractivity contribution in [1.29, 1.82) is 0 Å². The first kappa shape index (κ1) is 20.0. The van der Waals surface area contributed by atoms with E-state index in [1.807, 2.05) is 25.1 Å². The van der Waals surface area contributed by atoms with Crippen molar-refractivity contribution >= 4 is 34.3 Å². The Balaban J connectivity index is 1.49. The molecule has 0 bridgehead atoms. The average molecular weight is 408 g/mol. The molecule has 1 aromatic heterocycles. The molecule has 1 fully saturated rings. The molecule has 152 valence electrons. The number of carbonyl (C=O) groups is 1. The monoisotopic (exact) mass is 407 g/mol. The van der Waals surface area contributed by atoms with Gasteiger partial charge in [-0.25, -0.2) is 0 Å². The lowest BCUT2D eigenvalue weighted by Crippen LogP contribution is -2.30. The van der Waals surface area contributed by atoms with Gasteiger partial charge >= 0.3 is 0 Å². The number of likely N-dealkylation sites (tertiary alicyclic amines) is 1. The minimum atomic E-state index is -0.0220. The van der Waals surface area contributed by atoms with E-state index in [0.29, 0.717) is 6.54 Å². The third-order valence-corrected chi connectivity index (χ3v) is 6.77. The van der Waals surface area contributed by atoms with Crippen LogP contribution in [0.25, 0.3) is 0 Å². The van der Waals surface area contributed by atoms with Crippen LogP contribution in [0.3, 0.4) is 0 Å². The number of thiophene rings is 1. The molecule has 29 heavy (non-hydrogen) atoms. The first-order valence-electron chi connectivity index (χ1n) is 10.6. The maximum Gasteiger partial charge on any atom is 0.258 e. The second-order valence-corrected chi connectivity index (χ2v) is 9.28. The number of anilines is 3. The van der Waals surface area contributed by atoms with E-state index in [9.17, 15) is 4.79 Å². The number of hydrogen-bond donors (Lipinski definition) is 1. The van der Waals surface area contributed by atoms with Gasteiger partial charge in [0.05, 0.1) is 29.2 Å². The number of fused-ring (bicyclic) bond motifs is 2. The number of nitrogens with zero attached hydrogens (tertiary/aromatic N) is 2. The van der Waals surface area contributed by atoms with E-state index in [-0.39, 0.29) is 5.91 Å². The van der Waals surface area contributed by atoms with Crippen molar-refractivity contribution in [2.45, 2.75) is 46.0 Å². The summed E-state index contributed by atoms with van der Waals surface area (Å²) in [5.74, 6) is 6.73. The van der Waals surface area contributed by atoms with Crippen molar-refractivity contribution in [3.63, 3.8) is 0 Å². The van der Waals surface area contributed by atoms with Crippen LogP contribution >= 0.6 is 11.3 Å². The molecular weight excluding hydrogens is 378 g/mol. The van der Waals surface area contributed by atoms with Crippen molar-refractivity contribution in [3.05, 3.63) is 39.6 Å². The second-order valence-electron chi connectivity index (χ2n) is 7.85. The van der Waals surface area contributed by atoms with Gasteiger partial charge in [0.2, 0.25) is 0 Å². The van der Waals surface area contributed by atoms with Gasteiger partial charge in [0.1, 0.15) is 0 Å². The molecule has 2 aromatic rings. The number of unbranched alkanes of at least 4 members (excludes halogenated alkanes) is 1. The van der Waals surface area contributed by atoms with Crippen LogP contribution in [0.15, 0.2) is 24.3 Å². The summed E-state index contributed by atoms with van der Waals surface area (Å²) in [7, 11) is 0. The Kier molecular flexibility index (Phi) is 6.22. The number of para-hydroxylation sites is 2. The molecule has 1 amide bonds. The maximum atomic E-state index is 12.8. The Morgan fingerprint density at radius 3 is 2.69 bits per heavy atom. The molecule has 2 aliphatic heterocycles. The van der Waals surface area contributed by atoms with E-state index < -0.39 is 0 Å². The number of benzene rings is 1. The number of rotatable bonds is 4. The number of carbonyl (C=O) groups excluding carboxylic acids is 1. The number of amides is 1. The SMILES string of the molecule is Cc1sc(C)c2c1C(=O)Nc1ccccc1N2CC#CCCCN1CCCCC1. The summed E-state index contributed by atoms with van der Waals surface area (Å²) in [5.41, 5.74) is 3.67. The third kappa shape index (κ3) is 4.34. The zero-order valence-corrected chi connectivity index (χ0v) is 18.2. The Labute approximate surface area is 177 Å². The summed E-state index contributed by atoms with van der Waals surface area (Å²) in [6.45, 7) is 8.37. The van der Waals surface area contributed by atoms with Crippen molar-refractivity contribution in [2.75, 3.05) is 36.4 Å². The van der Waals surface area contributed by atoms with Gasteiger partial charge in [0, 0.05) is 16.2 Å². The van der Waals surface area contributed by atoms with Crippen LogP contribution in [0.5, 0.6) is 0 Å². The van der Waals surface area contributed by atoms with Crippen LogP contribution in [0, 0.1) is 25.7 Å². The number of nitrogens with one attached hydrogen (secondary N) is 1. The Hall–Kier alpha value is -2.29. The Morgan fingerprint density at radius 2 is 1.86 bits per heavy atom. The van der Waals surface area contributed by atoms with E-state index in [0.717, 1.165) is 51.8 Å². The Bertz CT molecular complexity index is 947. The third-order valence-electron chi connectivity index (χ3n) is 5.76. The average Bonchev–Trinajstić information content (AvgIpc) is 2.95. The van der Waals surface area contributed by atoms with Gasteiger partial charge in [-0.2, -0.15) is 0 Å². The largest absolute Gasteiger partial charge is 0.326 e. The fourth-order valence-electron chi connectivity index (χ4n) is 4.35.